The number of nitrogens with one attached hydrogen (secondary N) is 1. The van der Waals surface area contributed by atoms with E-state index in [9.17, 15) is 9.90 Å². The van der Waals surface area contributed by atoms with Gasteiger partial charge in [-0.1, -0.05) is 48.5 Å². The summed E-state index contributed by atoms with van der Waals surface area (Å²) in [5.41, 5.74) is 0.585. The number of rotatable bonds is 4. The minimum absolute atomic E-state index is 0.158. The lowest BCUT2D eigenvalue weighted by atomic mass is 9.88. The van der Waals surface area contributed by atoms with Gasteiger partial charge < -0.3 is 15.2 Å². The summed E-state index contributed by atoms with van der Waals surface area (Å²) in [7, 11) is 0. The van der Waals surface area contributed by atoms with E-state index in [0.29, 0.717) is 18.8 Å². The van der Waals surface area contributed by atoms with Crippen molar-refractivity contribution in [1.29, 1.82) is 0 Å². The van der Waals surface area contributed by atoms with Crippen LogP contribution in [-0.2, 0) is 10.4 Å². The van der Waals surface area contributed by atoms with Crippen LogP contribution in [0.1, 0.15) is 17.5 Å². The number of amides is 1. The number of aliphatic hydroxyl groups is 1. The van der Waals surface area contributed by atoms with Gasteiger partial charge in [-0.3, -0.25) is 4.79 Å². The van der Waals surface area contributed by atoms with Crippen LogP contribution >= 0.6 is 0 Å². The molecular formula is C19H19NO3. The Labute approximate surface area is 135 Å². The normalized spacial score (nSPS) is 19.9. The quantitative estimate of drug-likeness (QED) is 0.853. The van der Waals surface area contributed by atoms with E-state index in [2.05, 4.69) is 5.32 Å². The van der Waals surface area contributed by atoms with Gasteiger partial charge in [-0.05, 0) is 17.7 Å². The van der Waals surface area contributed by atoms with E-state index in [-0.39, 0.29) is 12.5 Å². The molecule has 23 heavy (non-hydrogen) atoms. The van der Waals surface area contributed by atoms with Crippen LogP contribution in [-0.4, -0.2) is 24.2 Å². The fraction of sp³-hybridized carbons (Fsp3) is 0.211. The van der Waals surface area contributed by atoms with Gasteiger partial charge in [0.05, 0.1) is 13.2 Å². The van der Waals surface area contributed by atoms with Crippen LogP contribution in [0.5, 0.6) is 5.75 Å². The summed E-state index contributed by atoms with van der Waals surface area (Å²) in [6.07, 6.45) is 3.67. The van der Waals surface area contributed by atoms with Crippen molar-refractivity contribution in [3.63, 3.8) is 0 Å². The van der Waals surface area contributed by atoms with Gasteiger partial charge in [0.2, 0.25) is 5.91 Å². The lowest BCUT2D eigenvalue weighted by Crippen LogP contribution is -2.43. The fourth-order valence-electron chi connectivity index (χ4n) is 2.65. The van der Waals surface area contributed by atoms with Gasteiger partial charge in [0, 0.05) is 18.1 Å². The second-order valence-electron chi connectivity index (χ2n) is 5.59. The molecule has 2 aromatic carbocycles. The molecule has 0 saturated carbocycles. The van der Waals surface area contributed by atoms with Crippen LogP contribution in [0.15, 0.2) is 60.7 Å². The largest absolute Gasteiger partial charge is 0.493 e. The third-order valence-corrected chi connectivity index (χ3v) is 3.94. The lowest BCUT2D eigenvalue weighted by molar-refractivity contribution is -0.118. The van der Waals surface area contributed by atoms with Crippen molar-refractivity contribution >= 4 is 12.0 Å². The molecule has 4 nitrogen and oxygen atoms in total. The predicted molar refractivity (Wildman–Crippen MR) is 88.9 cm³/mol. The van der Waals surface area contributed by atoms with Crippen LogP contribution < -0.4 is 10.1 Å². The first-order chi connectivity index (χ1) is 11.2. The minimum Gasteiger partial charge on any atom is -0.493 e. The van der Waals surface area contributed by atoms with E-state index in [4.69, 9.17) is 4.74 Å². The maximum Gasteiger partial charge on any atom is 0.244 e. The molecule has 0 radical (unpaired) electrons. The van der Waals surface area contributed by atoms with Crippen LogP contribution in [0.25, 0.3) is 6.08 Å². The van der Waals surface area contributed by atoms with Crippen molar-refractivity contribution < 1.29 is 14.6 Å². The molecule has 1 aliphatic heterocycles. The Bertz CT molecular complexity index is 712. The van der Waals surface area contributed by atoms with Crippen molar-refractivity contribution in [2.24, 2.45) is 0 Å². The molecular weight excluding hydrogens is 290 g/mol. The second kappa shape index (κ2) is 6.67. The summed E-state index contributed by atoms with van der Waals surface area (Å²) in [4.78, 5) is 12.0. The summed E-state index contributed by atoms with van der Waals surface area (Å²) in [6.45, 7) is 0.592. The highest BCUT2D eigenvalue weighted by molar-refractivity contribution is 5.91. The average Bonchev–Trinajstić information content (AvgIpc) is 2.60. The number of carbonyl (C=O) groups is 1. The first-order valence-corrected chi connectivity index (χ1v) is 7.63. The van der Waals surface area contributed by atoms with Crippen LogP contribution in [0, 0.1) is 0 Å². The topological polar surface area (TPSA) is 58.6 Å². The molecule has 0 aromatic heterocycles. The van der Waals surface area contributed by atoms with E-state index in [1.54, 1.807) is 6.08 Å². The molecule has 1 atom stereocenters. The Hall–Kier alpha value is -2.59. The maximum absolute atomic E-state index is 12.0. The molecule has 2 N–H and O–H groups in total. The molecule has 0 fully saturated rings. The standard InChI is InChI=1S/C19H19NO3/c21-18(11-10-15-6-2-1-3-7-15)20-14-19(22)12-13-23-17-9-5-4-8-16(17)19/h1-11,22H,12-14H2,(H,20,21)/b11-10+/t19-/m0/s1. The highest BCUT2D eigenvalue weighted by Gasteiger charge is 2.35. The Morgan fingerprint density at radius 2 is 1.91 bits per heavy atom. The predicted octanol–water partition coefficient (Wildman–Crippen LogP) is 2.49. The monoisotopic (exact) mass is 309 g/mol. The van der Waals surface area contributed by atoms with Crippen LogP contribution in [0.4, 0.5) is 0 Å². The molecule has 0 bridgehead atoms. The number of hydrogen-bond acceptors (Lipinski definition) is 3. The van der Waals surface area contributed by atoms with E-state index < -0.39 is 5.60 Å². The van der Waals surface area contributed by atoms with Gasteiger partial charge in [0.1, 0.15) is 11.4 Å². The molecule has 118 valence electrons. The summed E-state index contributed by atoms with van der Waals surface area (Å²) < 4.78 is 5.54. The Morgan fingerprint density at radius 1 is 1.17 bits per heavy atom. The van der Waals surface area contributed by atoms with Crippen molar-refractivity contribution in [1.82, 2.24) is 5.32 Å². The Kier molecular flexibility index (Phi) is 4.44. The first kappa shape index (κ1) is 15.3. The lowest BCUT2D eigenvalue weighted by Gasteiger charge is -2.34. The Morgan fingerprint density at radius 3 is 2.74 bits per heavy atom. The third-order valence-electron chi connectivity index (χ3n) is 3.94. The van der Waals surface area contributed by atoms with Crippen molar-refractivity contribution in [2.75, 3.05) is 13.2 Å². The molecule has 2 aromatic rings. The number of carbonyl (C=O) groups excluding carboxylic acids is 1. The zero-order valence-corrected chi connectivity index (χ0v) is 12.7. The molecule has 0 unspecified atom stereocenters. The Balaban J connectivity index is 1.64. The highest BCUT2D eigenvalue weighted by atomic mass is 16.5. The molecule has 1 heterocycles. The summed E-state index contributed by atoms with van der Waals surface area (Å²) >= 11 is 0. The van der Waals surface area contributed by atoms with Gasteiger partial charge >= 0.3 is 0 Å². The molecule has 3 rings (SSSR count). The van der Waals surface area contributed by atoms with Crippen LogP contribution in [0.2, 0.25) is 0 Å². The van der Waals surface area contributed by atoms with Gasteiger partial charge in [0.25, 0.3) is 0 Å². The fourth-order valence-corrected chi connectivity index (χ4v) is 2.65. The first-order valence-electron chi connectivity index (χ1n) is 7.63. The van der Waals surface area contributed by atoms with Gasteiger partial charge in [-0.2, -0.15) is 0 Å². The number of para-hydroxylation sites is 1. The van der Waals surface area contributed by atoms with Crippen molar-refractivity contribution in [3.05, 3.63) is 71.8 Å². The van der Waals surface area contributed by atoms with E-state index in [0.717, 1.165) is 11.1 Å². The molecule has 1 amide bonds. The zero-order chi connectivity index (χ0) is 16.1. The highest BCUT2D eigenvalue weighted by Crippen LogP contribution is 2.36. The molecule has 0 aliphatic carbocycles. The number of ether oxygens (including phenoxy) is 1. The van der Waals surface area contributed by atoms with E-state index in [1.807, 2.05) is 54.6 Å². The second-order valence-corrected chi connectivity index (χ2v) is 5.59. The number of benzene rings is 2. The van der Waals surface area contributed by atoms with Gasteiger partial charge in [-0.25, -0.2) is 0 Å². The maximum atomic E-state index is 12.0. The smallest absolute Gasteiger partial charge is 0.244 e. The summed E-state index contributed by atoms with van der Waals surface area (Å²) in [6, 6.07) is 17.0. The summed E-state index contributed by atoms with van der Waals surface area (Å²) in [5, 5.41) is 13.6. The number of fused-ring (bicyclic) bond motifs is 1. The number of hydrogen-bond donors (Lipinski definition) is 2. The summed E-state index contributed by atoms with van der Waals surface area (Å²) in [5.74, 6) is 0.446. The molecule has 0 spiro atoms. The van der Waals surface area contributed by atoms with Crippen LogP contribution in [0.3, 0.4) is 0 Å². The zero-order valence-electron chi connectivity index (χ0n) is 12.7. The molecule has 0 saturated heterocycles. The van der Waals surface area contributed by atoms with Crippen molar-refractivity contribution in [3.8, 4) is 5.75 Å². The molecule has 1 aliphatic rings. The third kappa shape index (κ3) is 3.60. The minimum atomic E-state index is -1.09. The van der Waals surface area contributed by atoms with E-state index >= 15 is 0 Å². The van der Waals surface area contributed by atoms with E-state index in [1.165, 1.54) is 6.08 Å². The van der Waals surface area contributed by atoms with Gasteiger partial charge in [0.15, 0.2) is 0 Å². The van der Waals surface area contributed by atoms with Gasteiger partial charge in [-0.15, -0.1) is 0 Å². The average molecular weight is 309 g/mol. The van der Waals surface area contributed by atoms with Crippen molar-refractivity contribution in [2.45, 2.75) is 12.0 Å². The molecule has 4 heteroatoms. The SMILES string of the molecule is O=C(/C=C/c1ccccc1)NC[C@@]1(O)CCOc2ccccc21.